The highest BCUT2D eigenvalue weighted by Crippen LogP contribution is 2.25. The summed E-state index contributed by atoms with van der Waals surface area (Å²) in [5, 5.41) is 8.78. The van der Waals surface area contributed by atoms with Gasteiger partial charge in [-0.3, -0.25) is 0 Å². The lowest BCUT2D eigenvalue weighted by Crippen LogP contribution is -2.33. The van der Waals surface area contributed by atoms with Gasteiger partial charge in [-0.2, -0.15) is 5.26 Å². The van der Waals surface area contributed by atoms with Gasteiger partial charge >= 0.3 is 0 Å². The third-order valence-corrected chi connectivity index (χ3v) is 3.05. The number of rotatable bonds is 5. The molecule has 0 aliphatic carbocycles. The summed E-state index contributed by atoms with van der Waals surface area (Å²) in [5.41, 5.74) is 6.87. The Labute approximate surface area is 115 Å². The van der Waals surface area contributed by atoms with Gasteiger partial charge in [0, 0.05) is 24.1 Å². The van der Waals surface area contributed by atoms with Crippen LogP contribution >= 0.6 is 0 Å². The SMILES string of the molecule is Cc1c(N)nc(C(C)C)nc1N(CCC#N)C(C)C. The van der Waals surface area contributed by atoms with Crippen molar-refractivity contribution in [3.63, 3.8) is 0 Å². The number of nitriles is 1. The Morgan fingerprint density at radius 1 is 1.26 bits per heavy atom. The largest absolute Gasteiger partial charge is 0.383 e. The van der Waals surface area contributed by atoms with E-state index < -0.39 is 0 Å². The molecule has 0 saturated carbocycles. The lowest BCUT2D eigenvalue weighted by Gasteiger charge is -2.29. The molecule has 104 valence electrons. The zero-order chi connectivity index (χ0) is 14.6. The van der Waals surface area contributed by atoms with Crippen LogP contribution in [0.1, 0.15) is 51.4 Å². The van der Waals surface area contributed by atoms with Gasteiger partial charge in [0.15, 0.2) is 0 Å². The van der Waals surface area contributed by atoms with Crippen LogP contribution in [-0.2, 0) is 0 Å². The number of anilines is 2. The van der Waals surface area contributed by atoms with E-state index >= 15 is 0 Å². The molecule has 1 aromatic heterocycles. The lowest BCUT2D eigenvalue weighted by atomic mass is 10.1. The first-order chi connectivity index (χ1) is 8.88. The fourth-order valence-corrected chi connectivity index (χ4v) is 1.86. The number of hydrogen-bond acceptors (Lipinski definition) is 5. The summed E-state index contributed by atoms with van der Waals surface area (Å²) in [7, 11) is 0. The van der Waals surface area contributed by atoms with E-state index in [-0.39, 0.29) is 12.0 Å². The van der Waals surface area contributed by atoms with Crippen LogP contribution in [0.25, 0.3) is 0 Å². The van der Waals surface area contributed by atoms with Gasteiger partial charge in [0.25, 0.3) is 0 Å². The first kappa shape index (κ1) is 15.2. The molecule has 2 N–H and O–H groups in total. The van der Waals surface area contributed by atoms with Crippen LogP contribution in [-0.4, -0.2) is 22.6 Å². The Bertz CT molecular complexity index is 473. The highest BCUT2D eigenvalue weighted by atomic mass is 15.2. The summed E-state index contributed by atoms with van der Waals surface area (Å²) in [4.78, 5) is 11.1. The van der Waals surface area contributed by atoms with Gasteiger partial charge in [0.1, 0.15) is 17.5 Å². The summed E-state index contributed by atoms with van der Waals surface area (Å²) in [6, 6.07) is 2.44. The van der Waals surface area contributed by atoms with E-state index in [1.807, 2.05) is 20.8 Å². The maximum atomic E-state index is 8.78. The maximum absolute atomic E-state index is 8.78. The van der Waals surface area contributed by atoms with E-state index in [2.05, 4.69) is 34.8 Å². The molecule has 0 saturated heterocycles. The van der Waals surface area contributed by atoms with Gasteiger partial charge in [-0.05, 0) is 20.8 Å². The van der Waals surface area contributed by atoms with Crippen molar-refractivity contribution in [2.45, 2.75) is 53.0 Å². The molecule has 0 atom stereocenters. The van der Waals surface area contributed by atoms with E-state index in [9.17, 15) is 0 Å². The van der Waals surface area contributed by atoms with Crippen molar-refractivity contribution in [2.75, 3.05) is 17.2 Å². The second-order valence-corrected chi connectivity index (χ2v) is 5.27. The molecule has 0 aliphatic rings. The normalized spacial score (nSPS) is 10.8. The number of nitrogen functional groups attached to an aromatic ring is 1. The minimum Gasteiger partial charge on any atom is -0.383 e. The van der Waals surface area contributed by atoms with Gasteiger partial charge in [-0.1, -0.05) is 13.8 Å². The fourth-order valence-electron chi connectivity index (χ4n) is 1.86. The van der Waals surface area contributed by atoms with Gasteiger partial charge in [-0.25, -0.2) is 9.97 Å². The minimum absolute atomic E-state index is 0.228. The molecule has 0 bridgehead atoms. The zero-order valence-corrected chi connectivity index (χ0v) is 12.4. The molecule has 19 heavy (non-hydrogen) atoms. The van der Waals surface area contributed by atoms with Crippen LogP contribution < -0.4 is 10.6 Å². The molecular weight excluding hydrogens is 238 g/mol. The van der Waals surface area contributed by atoms with Crippen molar-refractivity contribution >= 4 is 11.6 Å². The molecule has 1 aromatic rings. The smallest absolute Gasteiger partial charge is 0.137 e. The number of aromatic nitrogens is 2. The quantitative estimate of drug-likeness (QED) is 0.881. The topological polar surface area (TPSA) is 78.8 Å². The first-order valence-electron chi connectivity index (χ1n) is 6.66. The third-order valence-electron chi connectivity index (χ3n) is 3.05. The molecular formula is C14H23N5. The molecule has 5 heteroatoms. The van der Waals surface area contributed by atoms with Crippen LogP contribution in [0.2, 0.25) is 0 Å². The third kappa shape index (κ3) is 3.57. The molecule has 0 radical (unpaired) electrons. The van der Waals surface area contributed by atoms with E-state index in [0.29, 0.717) is 18.8 Å². The Morgan fingerprint density at radius 2 is 1.89 bits per heavy atom. The lowest BCUT2D eigenvalue weighted by molar-refractivity contribution is 0.664. The first-order valence-corrected chi connectivity index (χ1v) is 6.66. The van der Waals surface area contributed by atoms with E-state index in [0.717, 1.165) is 17.2 Å². The van der Waals surface area contributed by atoms with Gasteiger partial charge in [-0.15, -0.1) is 0 Å². The van der Waals surface area contributed by atoms with Crippen LogP contribution in [0.5, 0.6) is 0 Å². The van der Waals surface area contributed by atoms with Crippen molar-refractivity contribution in [1.29, 1.82) is 5.26 Å². The van der Waals surface area contributed by atoms with Gasteiger partial charge < -0.3 is 10.6 Å². The standard InChI is InChI=1S/C14H23N5/c1-9(2)13-17-12(16)11(5)14(18-13)19(10(3)4)8-6-7-15/h9-10H,6,8H2,1-5H3,(H2,16,17,18). The summed E-state index contributed by atoms with van der Waals surface area (Å²) < 4.78 is 0. The predicted molar refractivity (Wildman–Crippen MR) is 78.0 cm³/mol. The molecule has 0 aromatic carbocycles. The van der Waals surface area contributed by atoms with Crippen molar-refractivity contribution in [3.8, 4) is 6.07 Å². The second kappa shape index (κ2) is 6.37. The molecule has 0 spiro atoms. The summed E-state index contributed by atoms with van der Waals surface area (Å²) in [6.07, 6.45) is 0.471. The molecule has 0 aliphatic heterocycles. The predicted octanol–water partition coefficient (Wildman–Crippen LogP) is 2.62. The number of nitrogens with two attached hydrogens (primary N) is 1. The Balaban J connectivity index is 3.25. The monoisotopic (exact) mass is 261 g/mol. The maximum Gasteiger partial charge on any atom is 0.137 e. The molecule has 5 nitrogen and oxygen atoms in total. The summed E-state index contributed by atoms with van der Waals surface area (Å²) in [5.74, 6) is 2.35. The average Bonchev–Trinajstić information content (AvgIpc) is 2.33. The van der Waals surface area contributed by atoms with E-state index in [1.165, 1.54) is 0 Å². The minimum atomic E-state index is 0.228. The highest BCUT2D eigenvalue weighted by molar-refractivity contribution is 5.57. The van der Waals surface area contributed by atoms with Crippen LogP contribution in [0, 0.1) is 18.3 Å². The summed E-state index contributed by atoms with van der Waals surface area (Å²) in [6.45, 7) is 10.8. The van der Waals surface area contributed by atoms with Crippen molar-refractivity contribution < 1.29 is 0 Å². The molecule has 0 fully saturated rings. The second-order valence-electron chi connectivity index (χ2n) is 5.27. The van der Waals surface area contributed by atoms with Crippen LogP contribution in [0.15, 0.2) is 0 Å². The molecule has 1 rings (SSSR count). The fraction of sp³-hybridized carbons (Fsp3) is 0.643. The summed E-state index contributed by atoms with van der Waals surface area (Å²) >= 11 is 0. The molecule has 1 heterocycles. The Kier molecular flexibility index (Phi) is 5.11. The van der Waals surface area contributed by atoms with E-state index in [1.54, 1.807) is 0 Å². The van der Waals surface area contributed by atoms with Crippen LogP contribution in [0.4, 0.5) is 11.6 Å². The van der Waals surface area contributed by atoms with Gasteiger partial charge in [0.2, 0.25) is 0 Å². The van der Waals surface area contributed by atoms with Gasteiger partial charge in [0.05, 0.1) is 12.5 Å². The average molecular weight is 261 g/mol. The van der Waals surface area contributed by atoms with Crippen molar-refractivity contribution in [2.24, 2.45) is 0 Å². The zero-order valence-electron chi connectivity index (χ0n) is 12.4. The Hall–Kier alpha value is -1.83. The Morgan fingerprint density at radius 3 is 2.37 bits per heavy atom. The number of hydrogen-bond donors (Lipinski definition) is 1. The van der Waals surface area contributed by atoms with Crippen molar-refractivity contribution in [3.05, 3.63) is 11.4 Å². The number of nitrogens with zero attached hydrogens (tertiary/aromatic N) is 4. The highest BCUT2D eigenvalue weighted by Gasteiger charge is 2.18. The van der Waals surface area contributed by atoms with E-state index in [4.69, 9.17) is 11.0 Å². The molecule has 0 amide bonds. The van der Waals surface area contributed by atoms with Crippen molar-refractivity contribution in [1.82, 2.24) is 9.97 Å². The van der Waals surface area contributed by atoms with Crippen LogP contribution in [0.3, 0.4) is 0 Å². The molecule has 0 unspecified atom stereocenters.